The van der Waals surface area contributed by atoms with Gasteiger partial charge < -0.3 is 5.11 Å². The van der Waals surface area contributed by atoms with Crippen LogP contribution in [-0.4, -0.2) is 11.2 Å². The van der Waals surface area contributed by atoms with Crippen LogP contribution in [0.3, 0.4) is 0 Å². The van der Waals surface area contributed by atoms with E-state index in [1.807, 2.05) is 50.3 Å². The van der Waals surface area contributed by atoms with E-state index < -0.39 is 6.10 Å². The Morgan fingerprint density at radius 3 is 2.57 bits per heavy atom. The summed E-state index contributed by atoms with van der Waals surface area (Å²) in [6.07, 6.45) is 1.21. The van der Waals surface area contributed by atoms with E-state index in [0.29, 0.717) is 0 Å². The molecule has 1 atom stereocenters. The first-order chi connectivity index (χ1) is 6.74. The minimum absolute atomic E-state index is 0.653. The zero-order valence-corrected chi connectivity index (χ0v) is 8.49. The van der Waals surface area contributed by atoms with Gasteiger partial charge in [-0.15, -0.1) is 0 Å². The Hall–Kier alpha value is -1.52. The lowest BCUT2D eigenvalue weighted by Crippen LogP contribution is -2.03. The fraction of sp³-hybridized carbons (Fsp3) is 0.231. The van der Waals surface area contributed by atoms with E-state index in [2.05, 4.69) is 11.8 Å². The zero-order chi connectivity index (χ0) is 10.4. The van der Waals surface area contributed by atoms with Crippen molar-refractivity contribution in [2.24, 2.45) is 0 Å². The normalized spacial score (nSPS) is 12.9. The number of aliphatic hydroxyl groups excluding tert-OH is 1. The van der Waals surface area contributed by atoms with Gasteiger partial charge in [-0.1, -0.05) is 36.1 Å². The molecule has 0 amide bonds. The first-order valence-corrected chi connectivity index (χ1v) is 4.61. The second-order valence-electron chi connectivity index (χ2n) is 3.07. The Kier molecular flexibility index (Phi) is 3.97. The standard InChI is InChI=1S/C13H14O/c1-3-11(2)13(14)10-9-12-7-5-4-6-8-12/h3-8,13-14H,1-2H3/b11-3+/t13-/m1/s1. The van der Waals surface area contributed by atoms with Crippen molar-refractivity contribution in [3.05, 3.63) is 47.5 Å². The predicted octanol–water partition coefficient (Wildman–Crippen LogP) is 2.37. The summed E-state index contributed by atoms with van der Waals surface area (Å²) in [6.45, 7) is 3.76. The molecule has 0 aliphatic carbocycles. The van der Waals surface area contributed by atoms with Crippen LogP contribution in [0.2, 0.25) is 0 Å². The molecular weight excluding hydrogens is 172 g/mol. The van der Waals surface area contributed by atoms with Crippen LogP contribution in [0.25, 0.3) is 0 Å². The highest BCUT2D eigenvalue weighted by atomic mass is 16.3. The Labute approximate surface area is 85.1 Å². The van der Waals surface area contributed by atoms with Gasteiger partial charge in [0.1, 0.15) is 6.10 Å². The third-order valence-corrected chi connectivity index (χ3v) is 2.01. The van der Waals surface area contributed by atoms with E-state index in [9.17, 15) is 5.11 Å². The molecule has 0 radical (unpaired) electrons. The van der Waals surface area contributed by atoms with E-state index in [1.165, 1.54) is 0 Å². The zero-order valence-electron chi connectivity index (χ0n) is 8.49. The van der Waals surface area contributed by atoms with Crippen molar-refractivity contribution in [1.29, 1.82) is 0 Å². The van der Waals surface area contributed by atoms with Crippen molar-refractivity contribution >= 4 is 0 Å². The average Bonchev–Trinajstić information content (AvgIpc) is 2.26. The van der Waals surface area contributed by atoms with E-state index in [0.717, 1.165) is 11.1 Å². The molecule has 0 aliphatic heterocycles. The second-order valence-corrected chi connectivity index (χ2v) is 3.07. The quantitative estimate of drug-likeness (QED) is 0.527. The maximum absolute atomic E-state index is 9.54. The largest absolute Gasteiger partial charge is 0.376 e. The topological polar surface area (TPSA) is 20.2 Å². The number of rotatable bonds is 1. The minimum atomic E-state index is -0.653. The molecule has 0 heterocycles. The molecule has 0 aromatic heterocycles. The summed E-state index contributed by atoms with van der Waals surface area (Å²) in [6, 6.07) is 9.64. The van der Waals surface area contributed by atoms with Crippen LogP contribution < -0.4 is 0 Å². The summed E-state index contributed by atoms with van der Waals surface area (Å²) in [5.41, 5.74) is 1.81. The summed E-state index contributed by atoms with van der Waals surface area (Å²) in [4.78, 5) is 0. The molecule has 1 nitrogen and oxygen atoms in total. The van der Waals surface area contributed by atoms with Crippen LogP contribution >= 0.6 is 0 Å². The van der Waals surface area contributed by atoms with Gasteiger partial charge in [-0.3, -0.25) is 0 Å². The third-order valence-electron chi connectivity index (χ3n) is 2.01. The number of aliphatic hydroxyl groups is 1. The summed E-state index contributed by atoms with van der Waals surface area (Å²) >= 11 is 0. The summed E-state index contributed by atoms with van der Waals surface area (Å²) in [7, 11) is 0. The lowest BCUT2D eigenvalue weighted by atomic mass is 10.1. The first kappa shape index (κ1) is 10.6. The second kappa shape index (κ2) is 5.26. The van der Waals surface area contributed by atoms with Crippen molar-refractivity contribution in [2.45, 2.75) is 20.0 Å². The summed E-state index contributed by atoms with van der Waals surface area (Å²) in [5, 5.41) is 9.54. The van der Waals surface area contributed by atoms with Crippen LogP contribution in [0.15, 0.2) is 42.0 Å². The number of hydrogen-bond donors (Lipinski definition) is 1. The van der Waals surface area contributed by atoms with Gasteiger partial charge in [-0.25, -0.2) is 0 Å². The van der Waals surface area contributed by atoms with Gasteiger partial charge in [0.05, 0.1) is 0 Å². The lowest BCUT2D eigenvalue weighted by Gasteiger charge is -2.00. The first-order valence-electron chi connectivity index (χ1n) is 4.61. The molecular formula is C13H14O. The Morgan fingerprint density at radius 1 is 1.36 bits per heavy atom. The van der Waals surface area contributed by atoms with Gasteiger partial charge in [-0.2, -0.15) is 0 Å². The van der Waals surface area contributed by atoms with Gasteiger partial charge in [0.15, 0.2) is 0 Å². The van der Waals surface area contributed by atoms with E-state index in [4.69, 9.17) is 0 Å². The lowest BCUT2D eigenvalue weighted by molar-refractivity contribution is 0.268. The molecule has 0 spiro atoms. The Morgan fingerprint density at radius 2 is 2.00 bits per heavy atom. The molecule has 72 valence electrons. The van der Waals surface area contributed by atoms with E-state index in [-0.39, 0.29) is 0 Å². The van der Waals surface area contributed by atoms with Gasteiger partial charge in [0.25, 0.3) is 0 Å². The van der Waals surface area contributed by atoms with Gasteiger partial charge in [0.2, 0.25) is 0 Å². The maximum atomic E-state index is 9.54. The molecule has 0 unspecified atom stereocenters. The molecule has 1 heteroatoms. The molecule has 1 N–H and O–H groups in total. The molecule has 0 bridgehead atoms. The van der Waals surface area contributed by atoms with Crippen molar-refractivity contribution in [3.8, 4) is 11.8 Å². The van der Waals surface area contributed by atoms with Crippen molar-refractivity contribution in [1.82, 2.24) is 0 Å². The molecule has 1 aromatic carbocycles. The van der Waals surface area contributed by atoms with E-state index >= 15 is 0 Å². The fourth-order valence-electron chi connectivity index (χ4n) is 0.945. The van der Waals surface area contributed by atoms with E-state index in [1.54, 1.807) is 0 Å². The molecule has 0 saturated heterocycles. The highest BCUT2D eigenvalue weighted by Crippen LogP contribution is 2.00. The SMILES string of the molecule is C/C=C(\C)[C@H](O)C#Cc1ccccc1. The van der Waals surface area contributed by atoms with Gasteiger partial charge >= 0.3 is 0 Å². The van der Waals surface area contributed by atoms with Crippen LogP contribution in [0, 0.1) is 11.8 Å². The van der Waals surface area contributed by atoms with Crippen LogP contribution in [0.1, 0.15) is 19.4 Å². The number of hydrogen-bond acceptors (Lipinski definition) is 1. The highest BCUT2D eigenvalue weighted by molar-refractivity contribution is 5.36. The number of allylic oxidation sites excluding steroid dienone is 1. The maximum Gasteiger partial charge on any atom is 0.136 e. The molecule has 0 aliphatic rings. The predicted molar refractivity (Wildman–Crippen MR) is 58.8 cm³/mol. The minimum Gasteiger partial charge on any atom is -0.376 e. The highest BCUT2D eigenvalue weighted by Gasteiger charge is 1.98. The Balaban J connectivity index is 2.74. The smallest absolute Gasteiger partial charge is 0.136 e. The van der Waals surface area contributed by atoms with Gasteiger partial charge in [-0.05, 0) is 31.6 Å². The van der Waals surface area contributed by atoms with Crippen molar-refractivity contribution in [3.63, 3.8) is 0 Å². The summed E-state index contributed by atoms with van der Waals surface area (Å²) in [5.74, 6) is 5.71. The third kappa shape index (κ3) is 3.08. The molecule has 14 heavy (non-hydrogen) atoms. The molecule has 0 saturated carbocycles. The number of benzene rings is 1. The molecule has 0 fully saturated rings. The van der Waals surface area contributed by atoms with Crippen LogP contribution in [-0.2, 0) is 0 Å². The Bertz CT molecular complexity index is 365. The van der Waals surface area contributed by atoms with Crippen LogP contribution in [0.4, 0.5) is 0 Å². The fourth-order valence-corrected chi connectivity index (χ4v) is 0.945. The van der Waals surface area contributed by atoms with Crippen molar-refractivity contribution in [2.75, 3.05) is 0 Å². The monoisotopic (exact) mass is 186 g/mol. The molecule has 1 aromatic rings. The van der Waals surface area contributed by atoms with Gasteiger partial charge in [0, 0.05) is 5.56 Å². The molecule has 1 rings (SSSR count). The average molecular weight is 186 g/mol. The van der Waals surface area contributed by atoms with Crippen LogP contribution in [0.5, 0.6) is 0 Å². The summed E-state index contributed by atoms with van der Waals surface area (Å²) < 4.78 is 0. The van der Waals surface area contributed by atoms with Crippen molar-refractivity contribution < 1.29 is 5.11 Å².